The summed E-state index contributed by atoms with van der Waals surface area (Å²) in [6, 6.07) is 8.78. The molecule has 6 nitrogen and oxygen atoms in total. The lowest BCUT2D eigenvalue weighted by Gasteiger charge is -2.13. The molecule has 0 unspecified atom stereocenters. The number of aryl methyl sites for hydroxylation is 1. The van der Waals surface area contributed by atoms with E-state index in [1.54, 1.807) is 38.1 Å². The molecule has 118 valence electrons. The Bertz CT molecular complexity index is 684. The molecule has 0 spiro atoms. The molecular formula is C15H18N2O4S. The molecule has 0 bridgehead atoms. The van der Waals surface area contributed by atoms with Crippen molar-refractivity contribution in [2.75, 3.05) is 12.4 Å². The fourth-order valence-electron chi connectivity index (χ4n) is 1.86. The molecule has 0 saturated carbocycles. The van der Waals surface area contributed by atoms with Crippen molar-refractivity contribution < 1.29 is 18.3 Å². The van der Waals surface area contributed by atoms with Crippen LogP contribution in [0.3, 0.4) is 0 Å². The molecule has 2 rings (SSSR count). The Morgan fingerprint density at radius 1 is 1.45 bits per heavy atom. The maximum Gasteiger partial charge on any atom is 0.239 e. The summed E-state index contributed by atoms with van der Waals surface area (Å²) < 4.78 is 22.3. The van der Waals surface area contributed by atoms with Gasteiger partial charge in [0.05, 0.1) is 24.2 Å². The molecule has 0 aliphatic heterocycles. The Balaban J connectivity index is 2.00. The maximum atomic E-state index is 12.2. The monoisotopic (exact) mass is 322 g/mol. The zero-order valence-electron chi connectivity index (χ0n) is 12.7. The minimum atomic E-state index is -1.39. The van der Waals surface area contributed by atoms with E-state index in [-0.39, 0.29) is 11.7 Å². The van der Waals surface area contributed by atoms with Crippen LogP contribution in [0.15, 0.2) is 34.9 Å². The average Bonchev–Trinajstić information content (AvgIpc) is 2.92. The Kier molecular flexibility index (Phi) is 5.32. The van der Waals surface area contributed by atoms with Gasteiger partial charge >= 0.3 is 0 Å². The predicted octanol–water partition coefficient (Wildman–Crippen LogP) is 2.27. The minimum Gasteiger partial charge on any atom is -0.495 e. The molecule has 0 aliphatic rings. The first-order chi connectivity index (χ1) is 10.5. The van der Waals surface area contributed by atoms with Crippen LogP contribution in [-0.2, 0) is 21.3 Å². The Morgan fingerprint density at radius 2 is 2.18 bits per heavy atom. The number of methoxy groups -OCH3 is 1. The van der Waals surface area contributed by atoms with E-state index in [9.17, 15) is 9.00 Å². The molecule has 2 atom stereocenters. The van der Waals surface area contributed by atoms with Crippen LogP contribution in [0, 0.1) is 6.92 Å². The normalized spacial score (nSPS) is 13.4. The molecule has 0 fully saturated rings. The van der Waals surface area contributed by atoms with Crippen LogP contribution < -0.4 is 10.1 Å². The zero-order chi connectivity index (χ0) is 16.1. The van der Waals surface area contributed by atoms with E-state index in [0.29, 0.717) is 22.9 Å². The van der Waals surface area contributed by atoms with Crippen molar-refractivity contribution in [1.82, 2.24) is 5.16 Å². The van der Waals surface area contributed by atoms with Crippen molar-refractivity contribution in [3.63, 3.8) is 0 Å². The molecule has 0 radical (unpaired) electrons. The number of amides is 1. The van der Waals surface area contributed by atoms with Crippen LogP contribution in [0.4, 0.5) is 5.69 Å². The van der Waals surface area contributed by atoms with Gasteiger partial charge in [-0.25, -0.2) is 0 Å². The topological polar surface area (TPSA) is 81.4 Å². The highest BCUT2D eigenvalue weighted by atomic mass is 32.2. The molecule has 0 saturated heterocycles. The third kappa shape index (κ3) is 3.94. The molecule has 1 aromatic carbocycles. The number of carbonyl (C=O) groups excluding carboxylic acids is 1. The SMILES string of the molecule is COc1ccccc1NC(=O)[C@@H](C)[S@](=O)Cc1cc(C)on1. The van der Waals surface area contributed by atoms with Crippen molar-refractivity contribution in [1.29, 1.82) is 0 Å². The molecule has 1 N–H and O–H groups in total. The lowest BCUT2D eigenvalue weighted by molar-refractivity contribution is -0.115. The number of para-hydroxylation sites is 2. The number of benzene rings is 1. The Morgan fingerprint density at radius 3 is 2.82 bits per heavy atom. The smallest absolute Gasteiger partial charge is 0.239 e. The standard InChI is InChI=1S/C15H18N2O4S/c1-10-8-12(17-21-10)9-22(19)11(2)15(18)16-13-6-4-5-7-14(13)20-3/h4-8,11H,9H2,1-3H3,(H,16,18)/t11-,22-/m1/s1. The number of anilines is 1. The summed E-state index contributed by atoms with van der Waals surface area (Å²) in [5, 5.41) is 5.84. The summed E-state index contributed by atoms with van der Waals surface area (Å²) in [7, 11) is 0.137. The van der Waals surface area contributed by atoms with Crippen molar-refractivity contribution in [3.8, 4) is 5.75 Å². The summed E-state index contributed by atoms with van der Waals surface area (Å²) in [4.78, 5) is 12.2. The van der Waals surface area contributed by atoms with Gasteiger partial charge in [0.15, 0.2) is 0 Å². The van der Waals surface area contributed by atoms with Crippen LogP contribution in [-0.4, -0.2) is 27.6 Å². The second-order valence-electron chi connectivity index (χ2n) is 4.79. The second-order valence-corrected chi connectivity index (χ2v) is 6.54. The van der Waals surface area contributed by atoms with E-state index < -0.39 is 16.0 Å². The third-order valence-corrected chi connectivity index (χ3v) is 4.68. The molecule has 22 heavy (non-hydrogen) atoms. The predicted molar refractivity (Wildman–Crippen MR) is 84.2 cm³/mol. The molecule has 1 aromatic heterocycles. The van der Waals surface area contributed by atoms with Gasteiger partial charge in [-0.1, -0.05) is 17.3 Å². The molecule has 2 aromatic rings. The number of hydrogen-bond donors (Lipinski definition) is 1. The first-order valence-corrected chi connectivity index (χ1v) is 8.12. The lowest BCUT2D eigenvalue weighted by Crippen LogP contribution is -2.30. The van der Waals surface area contributed by atoms with E-state index in [1.807, 2.05) is 6.07 Å². The number of aromatic nitrogens is 1. The number of rotatable bonds is 6. The lowest BCUT2D eigenvalue weighted by atomic mass is 10.3. The Hall–Kier alpha value is -2.15. The van der Waals surface area contributed by atoms with Gasteiger partial charge < -0.3 is 14.6 Å². The van der Waals surface area contributed by atoms with Crippen molar-refractivity contribution in [3.05, 3.63) is 41.8 Å². The number of hydrogen-bond acceptors (Lipinski definition) is 5. The largest absolute Gasteiger partial charge is 0.495 e. The fraction of sp³-hybridized carbons (Fsp3) is 0.333. The highest BCUT2D eigenvalue weighted by Gasteiger charge is 2.22. The van der Waals surface area contributed by atoms with E-state index in [1.165, 1.54) is 7.11 Å². The third-order valence-electron chi connectivity index (χ3n) is 3.10. The first-order valence-electron chi connectivity index (χ1n) is 6.74. The van der Waals surface area contributed by atoms with Crippen LogP contribution in [0.2, 0.25) is 0 Å². The molecule has 1 amide bonds. The average molecular weight is 322 g/mol. The van der Waals surface area contributed by atoms with E-state index in [2.05, 4.69) is 10.5 Å². The van der Waals surface area contributed by atoms with Gasteiger partial charge in [0.1, 0.15) is 16.8 Å². The van der Waals surface area contributed by atoms with Crippen molar-refractivity contribution >= 4 is 22.4 Å². The van der Waals surface area contributed by atoms with Gasteiger partial charge in [-0.2, -0.15) is 0 Å². The van der Waals surface area contributed by atoms with E-state index >= 15 is 0 Å². The first kappa shape index (κ1) is 16.2. The van der Waals surface area contributed by atoms with Crippen molar-refractivity contribution in [2.24, 2.45) is 0 Å². The summed E-state index contributed by atoms with van der Waals surface area (Å²) in [5.41, 5.74) is 1.13. The molecule has 1 heterocycles. The number of nitrogens with one attached hydrogen (secondary N) is 1. The highest BCUT2D eigenvalue weighted by Crippen LogP contribution is 2.23. The highest BCUT2D eigenvalue weighted by molar-refractivity contribution is 7.85. The van der Waals surface area contributed by atoms with Crippen molar-refractivity contribution in [2.45, 2.75) is 24.9 Å². The van der Waals surface area contributed by atoms with Crippen LogP contribution in [0.25, 0.3) is 0 Å². The summed E-state index contributed by atoms with van der Waals surface area (Å²) >= 11 is 0. The van der Waals surface area contributed by atoms with Crippen LogP contribution >= 0.6 is 0 Å². The Labute approximate surface area is 131 Å². The van der Waals surface area contributed by atoms with Gasteiger partial charge in [0.2, 0.25) is 5.91 Å². The minimum absolute atomic E-state index is 0.178. The fourth-order valence-corrected chi connectivity index (χ4v) is 2.83. The number of nitrogens with zero attached hydrogens (tertiary/aromatic N) is 1. The van der Waals surface area contributed by atoms with Gasteiger partial charge in [0, 0.05) is 16.9 Å². The van der Waals surface area contributed by atoms with Gasteiger partial charge in [-0.15, -0.1) is 0 Å². The molecule has 0 aliphatic carbocycles. The summed E-state index contributed by atoms with van der Waals surface area (Å²) in [5.74, 6) is 1.06. The molecule has 7 heteroatoms. The summed E-state index contributed by atoms with van der Waals surface area (Å²) in [6.45, 7) is 3.38. The van der Waals surface area contributed by atoms with Crippen LogP contribution in [0.5, 0.6) is 5.75 Å². The van der Waals surface area contributed by atoms with E-state index in [0.717, 1.165) is 0 Å². The summed E-state index contributed by atoms with van der Waals surface area (Å²) in [6.07, 6.45) is 0. The number of ether oxygens (including phenoxy) is 1. The van der Waals surface area contributed by atoms with Gasteiger partial charge in [0.25, 0.3) is 0 Å². The maximum absolute atomic E-state index is 12.2. The quantitative estimate of drug-likeness (QED) is 0.882. The second kappa shape index (κ2) is 7.22. The molecular weight excluding hydrogens is 304 g/mol. The van der Waals surface area contributed by atoms with Gasteiger partial charge in [-0.05, 0) is 26.0 Å². The number of carbonyl (C=O) groups is 1. The van der Waals surface area contributed by atoms with Gasteiger partial charge in [-0.3, -0.25) is 9.00 Å². The van der Waals surface area contributed by atoms with E-state index in [4.69, 9.17) is 9.26 Å². The zero-order valence-corrected chi connectivity index (χ0v) is 13.5. The van der Waals surface area contributed by atoms with Crippen LogP contribution in [0.1, 0.15) is 18.4 Å².